The second-order valence-corrected chi connectivity index (χ2v) is 25.2. The second kappa shape index (κ2) is 71.1. The van der Waals surface area contributed by atoms with Crippen molar-refractivity contribution < 1.29 is 28.6 Å². The lowest BCUT2D eigenvalue weighted by atomic mass is 10.0. The summed E-state index contributed by atoms with van der Waals surface area (Å²) in [6.45, 7) is 6.66. The quantitative estimate of drug-likeness (QED) is 0.0261. The number of esters is 3. The molecular weight excluding hydrogens is 1010 g/mol. The minimum absolute atomic E-state index is 0.0764. The lowest BCUT2D eigenvalue weighted by Gasteiger charge is -2.18. The lowest BCUT2D eigenvalue weighted by molar-refractivity contribution is -0.167. The SMILES string of the molecule is CCCCCC/C=C\C/C=C\CCCCCCCC(=O)OC(COC(=O)CCCCCCC/C=C\CCCCCC)COC(=O)CCCCCCCCCCCCCCCCCCCCCCCCCCCCCCCCCCCCC. The van der Waals surface area contributed by atoms with E-state index in [4.69, 9.17) is 14.2 Å². The smallest absolute Gasteiger partial charge is 0.306 e. The maximum Gasteiger partial charge on any atom is 0.306 e. The largest absolute Gasteiger partial charge is 0.462 e. The molecule has 0 aliphatic carbocycles. The zero-order valence-electron chi connectivity index (χ0n) is 55.5. The second-order valence-electron chi connectivity index (χ2n) is 25.2. The maximum atomic E-state index is 12.9. The van der Waals surface area contributed by atoms with Crippen molar-refractivity contribution in [2.24, 2.45) is 0 Å². The van der Waals surface area contributed by atoms with Gasteiger partial charge in [-0.25, -0.2) is 0 Å². The van der Waals surface area contributed by atoms with E-state index in [2.05, 4.69) is 57.2 Å². The van der Waals surface area contributed by atoms with E-state index in [9.17, 15) is 14.4 Å². The van der Waals surface area contributed by atoms with Crippen LogP contribution in [0.3, 0.4) is 0 Å². The number of allylic oxidation sites excluding steroid dienone is 6. The molecule has 0 aromatic rings. The third-order valence-corrected chi connectivity index (χ3v) is 16.9. The van der Waals surface area contributed by atoms with Crippen molar-refractivity contribution in [2.45, 2.75) is 419 Å². The molecule has 0 aliphatic heterocycles. The van der Waals surface area contributed by atoms with Crippen molar-refractivity contribution in [2.75, 3.05) is 13.2 Å². The monoisotopic (exact) mass is 1150 g/mol. The molecule has 82 heavy (non-hydrogen) atoms. The maximum absolute atomic E-state index is 12.9. The van der Waals surface area contributed by atoms with Gasteiger partial charge >= 0.3 is 17.9 Å². The number of carbonyl (C=O) groups is 3. The van der Waals surface area contributed by atoms with Gasteiger partial charge in [-0.15, -0.1) is 0 Å². The van der Waals surface area contributed by atoms with Crippen molar-refractivity contribution >= 4 is 17.9 Å². The molecule has 6 nitrogen and oxygen atoms in total. The van der Waals surface area contributed by atoms with Gasteiger partial charge in [-0.2, -0.15) is 0 Å². The summed E-state index contributed by atoms with van der Waals surface area (Å²) in [5.74, 6) is -0.874. The standard InChI is InChI=1S/C76H142O6/c1-4-7-10-13-16-19-22-25-27-29-30-31-32-33-34-35-36-37-38-39-40-41-42-43-44-45-46-47-49-51-54-57-60-63-66-69-75(78)81-72-73(71-80-74(77)68-65-62-59-56-53-50-24-21-18-15-12-9-6-3)82-76(79)70-67-64-61-58-55-52-48-28-26-23-20-17-14-11-8-5-2/h20-21,23-24,28,48,73H,4-19,22,25-27,29-47,49-72H2,1-3H3/b23-20-,24-21-,48-28-. The van der Waals surface area contributed by atoms with Crippen LogP contribution in [-0.2, 0) is 28.6 Å². The van der Waals surface area contributed by atoms with Gasteiger partial charge in [0.1, 0.15) is 13.2 Å². The third kappa shape index (κ3) is 68.4. The Morgan fingerprint density at radius 1 is 0.244 bits per heavy atom. The van der Waals surface area contributed by atoms with Gasteiger partial charge < -0.3 is 14.2 Å². The van der Waals surface area contributed by atoms with E-state index in [1.54, 1.807) is 0 Å². The number of carbonyl (C=O) groups excluding carboxylic acids is 3. The Labute approximate surface area is 512 Å². The summed E-state index contributed by atoms with van der Waals surface area (Å²) < 4.78 is 16.9. The average Bonchev–Trinajstić information content (AvgIpc) is 3.47. The highest BCUT2D eigenvalue weighted by Crippen LogP contribution is 2.19. The van der Waals surface area contributed by atoms with Crippen molar-refractivity contribution in [1.29, 1.82) is 0 Å². The predicted octanol–water partition coefficient (Wildman–Crippen LogP) is 25.5. The first-order chi connectivity index (χ1) is 40.5. The zero-order chi connectivity index (χ0) is 59.2. The summed E-state index contributed by atoms with van der Waals surface area (Å²) in [5, 5.41) is 0. The molecule has 0 heterocycles. The first-order valence-corrected chi connectivity index (χ1v) is 37.0. The molecule has 1 unspecified atom stereocenters. The Morgan fingerprint density at radius 2 is 0.439 bits per heavy atom. The van der Waals surface area contributed by atoms with E-state index in [0.717, 1.165) is 89.9 Å². The van der Waals surface area contributed by atoms with Gasteiger partial charge in [-0.3, -0.25) is 14.4 Å². The molecule has 0 N–H and O–H groups in total. The minimum atomic E-state index is -0.782. The number of unbranched alkanes of at least 4 members (excludes halogenated alkanes) is 52. The van der Waals surface area contributed by atoms with E-state index in [0.29, 0.717) is 19.3 Å². The van der Waals surface area contributed by atoms with Crippen LogP contribution in [0.1, 0.15) is 412 Å². The van der Waals surface area contributed by atoms with E-state index >= 15 is 0 Å². The van der Waals surface area contributed by atoms with Crippen LogP contribution in [0, 0.1) is 0 Å². The van der Waals surface area contributed by atoms with Gasteiger partial charge in [0.15, 0.2) is 6.10 Å². The van der Waals surface area contributed by atoms with E-state index in [1.165, 1.54) is 283 Å². The lowest BCUT2D eigenvalue weighted by Crippen LogP contribution is -2.30. The number of hydrogen-bond donors (Lipinski definition) is 0. The number of ether oxygens (including phenoxy) is 3. The van der Waals surface area contributed by atoms with Crippen LogP contribution in [0.4, 0.5) is 0 Å². The minimum Gasteiger partial charge on any atom is -0.462 e. The van der Waals surface area contributed by atoms with Crippen LogP contribution < -0.4 is 0 Å². The summed E-state index contributed by atoms with van der Waals surface area (Å²) in [6, 6.07) is 0. The molecule has 0 aliphatic rings. The first kappa shape index (κ1) is 79.6. The predicted molar refractivity (Wildman–Crippen MR) is 358 cm³/mol. The molecule has 0 spiro atoms. The molecule has 6 heteroatoms. The molecule has 0 saturated carbocycles. The van der Waals surface area contributed by atoms with Gasteiger partial charge in [0.05, 0.1) is 0 Å². The van der Waals surface area contributed by atoms with Crippen LogP contribution in [0.15, 0.2) is 36.5 Å². The highest BCUT2D eigenvalue weighted by Gasteiger charge is 2.19. The Kier molecular flexibility index (Phi) is 69.1. The number of hydrogen-bond acceptors (Lipinski definition) is 6. The highest BCUT2D eigenvalue weighted by atomic mass is 16.6. The molecule has 0 aromatic heterocycles. The molecular formula is C76H142O6. The fourth-order valence-electron chi connectivity index (χ4n) is 11.3. The Hall–Kier alpha value is -2.37. The summed E-state index contributed by atoms with van der Waals surface area (Å²) in [7, 11) is 0. The van der Waals surface area contributed by atoms with E-state index in [1.807, 2.05) is 0 Å². The van der Waals surface area contributed by atoms with Gasteiger partial charge in [0.25, 0.3) is 0 Å². The molecule has 482 valence electrons. The fourth-order valence-corrected chi connectivity index (χ4v) is 11.3. The van der Waals surface area contributed by atoms with Gasteiger partial charge in [0.2, 0.25) is 0 Å². The third-order valence-electron chi connectivity index (χ3n) is 16.9. The Balaban J connectivity index is 4.05. The molecule has 0 saturated heterocycles. The van der Waals surface area contributed by atoms with E-state index in [-0.39, 0.29) is 31.1 Å². The van der Waals surface area contributed by atoms with Crippen molar-refractivity contribution in [3.05, 3.63) is 36.5 Å². The first-order valence-electron chi connectivity index (χ1n) is 37.0. The van der Waals surface area contributed by atoms with Crippen LogP contribution in [0.5, 0.6) is 0 Å². The van der Waals surface area contributed by atoms with Crippen LogP contribution in [0.25, 0.3) is 0 Å². The highest BCUT2D eigenvalue weighted by molar-refractivity contribution is 5.71. The van der Waals surface area contributed by atoms with Crippen molar-refractivity contribution in [3.63, 3.8) is 0 Å². The van der Waals surface area contributed by atoms with Gasteiger partial charge in [0, 0.05) is 19.3 Å². The molecule has 0 bridgehead atoms. The average molecular weight is 1150 g/mol. The van der Waals surface area contributed by atoms with E-state index < -0.39 is 6.10 Å². The fraction of sp³-hybridized carbons (Fsp3) is 0.882. The summed E-state index contributed by atoms with van der Waals surface area (Å²) in [5.41, 5.74) is 0. The Morgan fingerprint density at radius 3 is 0.695 bits per heavy atom. The molecule has 0 amide bonds. The van der Waals surface area contributed by atoms with Crippen molar-refractivity contribution in [3.8, 4) is 0 Å². The zero-order valence-corrected chi connectivity index (χ0v) is 55.5. The Bertz CT molecular complexity index is 1370. The topological polar surface area (TPSA) is 78.9 Å². The summed E-state index contributed by atoms with van der Waals surface area (Å²) >= 11 is 0. The van der Waals surface area contributed by atoms with Crippen LogP contribution >= 0.6 is 0 Å². The van der Waals surface area contributed by atoms with Gasteiger partial charge in [-0.05, 0) is 77.0 Å². The van der Waals surface area contributed by atoms with Crippen LogP contribution in [0.2, 0.25) is 0 Å². The molecule has 0 radical (unpaired) electrons. The summed E-state index contributed by atoms with van der Waals surface area (Å²) in [6.07, 6.45) is 89.3. The van der Waals surface area contributed by atoms with Gasteiger partial charge in [-0.1, -0.05) is 353 Å². The molecule has 0 rings (SSSR count). The normalized spacial score (nSPS) is 12.2. The number of rotatable bonds is 69. The molecule has 0 aromatic carbocycles. The molecule has 1 atom stereocenters. The summed E-state index contributed by atoms with van der Waals surface area (Å²) in [4.78, 5) is 38.3. The van der Waals surface area contributed by atoms with Crippen molar-refractivity contribution in [1.82, 2.24) is 0 Å². The van der Waals surface area contributed by atoms with Crippen LogP contribution in [-0.4, -0.2) is 37.2 Å². The molecule has 0 fully saturated rings.